The lowest BCUT2D eigenvalue weighted by atomic mass is 10.2. The van der Waals surface area contributed by atoms with Crippen LogP contribution in [0.15, 0.2) is 54.7 Å². The fraction of sp³-hybridized carbons (Fsp3) is 0.0625. The van der Waals surface area contributed by atoms with Crippen molar-refractivity contribution in [2.45, 2.75) is 0 Å². The second-order valence-electron chi connectivity index (χ2n) is 4.18. The summed E-state index contributed by atoms with van der Waals surface area (Å²) in [6.07, 6.45) is 3.24. The molecule has 2 rings (SSSR count). The summed E-state index contributed by atoms with van der Waals surface area (Å²) in [7, 11) is 1.58. The quantitative estimate of drug-likeness (QED) is 0.901. The van der Waals surface area contributed by atoms with E-state index in [-0.39, 0.29) is 5.82 Å². The minimum absolute atomic E-state index is 0.350. The smallest absolute Gasteiger partial charge is 0.323 e. The summed E-state index contributed by atoms with van der Waals surface area (Å²) >= 11 is 0. The van der Waals surface area contributed by atoms with Crippen molar-refractivity contribution in [2.75, 3.05) is 12.4 Å². The third kappa shape index (κ3) is 4.35. The van der Waals surface area contributed by atoms with Crippen LogP contribution in [-0.2, 0) is 0 Å². The van der Waals surface area contributed by atoms with Crippen molar-refractivity contribution in [3.63, 3.8) is 0 Å². The molecule has 0 saturated carbocycles. The molecule has 0 atom stereocenters. The molecule has 4 nitrogen and oxygen atoms in total. The standard InChI is InChI=1S/C16H15FN2O2/c1-21-15-5-3-2-4-12(15)10-11-18-16(20)19-14-8-6-13(17)7-9-14/h2-11H,1H3,(H2,18,19,20)/b11-10+. The Hall–Kier alpha value is -2.82. The maximum absolute atomic E-state index is 12.7. The van der Waals surface area contributed by atoms with Gasteiger partial charge in [-0.25, -0.2) is 9.18 Å². The average molecular weight is 286 g/mol. The van der Waals surface area contributed by atoms with Gasteiger partial charge in [0, 0.05) is 17.5 Å². The molecule has 0 unspecified atom stereocenters. The van der Waals surface area contributed by atoms with Crippen LogP contribution in [0, 0.1) is 5.82 Å². The van der Waals surface area contributed by atoms with E-state index < -0.39 is 6.03 Å². The van der Waals surface area contributed by atoms with E-state index >= 15 is 0 Å². The topological polar surface area (TPSA) is 50.4 Å². The Morgan fingerprint density at radius 2 is 1.86 bits per heavy atom. The van der Waals surface area contributed by atoms with E-state index in [2.05, 4.69) is 10.6 Å². The number of amides is 2. The number of hydrogen-bond donors (Lipinski definition) is 2. The molecular weight excluding hydrogens is 271 g/mol. The third-order valence-electron chi connectivity index (χ3n) is 2.72. The second kappa shape index (κ2) is 7.09. The van der Waals surface area contributed by atoms with Gasteiger partial charge < -0.3 is 15.4 Å². The van der Waals surface area contributed by atoms with Crippen LogP contribution in [0.1, 0.15) is 5.56 Å². The van der Waals surface area contributed by atoms with Crippen LogP contribution in [-0.4, -0.2) is 13.1 Å². The normalized spacial score (nSPS) is 10.4. The van der Waals surface area contributed by atoms with Gasteiger partial charge in [-0.3, -0.25) is 0 Å². The molecule has 5 heteroatoms. The van der Waals surface area contributed by atoms with Crippen LogP contribution in [0.3, 0.4) is 0 Å². The average Bonchev–Trinajstić information content (AvgIpc) is 2.50. The van der Waals surface area contributed by atoms with Crippen molar-refractivity contribution < 1.29 is 13.9 Å². The molecule has 2 N–H and O–H groups in total. The van der Waals surface area contributed by atoms with Crippen molar-refractivity contribution in [1.82, 2.24) is 5.32 Å². The van der Waals surface area contributed by atoms with Crippen molar-refractivity contribution in [1.29, 1.82) is 0 Å². The van der Waals surface area contributed by atoms with Crippen LogP contribution in [0.4, 0.5) is 14.9 Å². The molecule has 0 spiro atoms. The molecule has 21 heavy (non-hydrogen) atoms. The number of halogens is 1. The maximum atomic E-state index is 12.7. The molecule has 2 aromatic rings. The molecule has 0 radical (unpaired) electrons. The SMILES string of the molecule is COc1ccccc1/C=C/NC(=O)Nc1ccc(F)cc1. The Balaban J connectivity index is 1.91. The molecule has 2 amide bonds. The van der Waals surface area contributed by atoms with Gasteiger partial charge in [-0.05, 0) is 36.4 Å². The Morgan fingerprint density at radius 3 is 2.57 bits per heavy atom. The largest absolute Gasteiger partial charge is 0.496 e. The number of para-hydroxylation sites is 1. The summed E-state index contributed by atoms with van der Waals surface area (Å²) in [6, 6.07) is 12.6. The lowest BCUT2D eigenvalue weighted by Gasteiger charge is -2.05. The molecule has 0 saturated heterocycles. The Morgan fingerprint density at radius 1 is 1.14 bits per heavy atom. The summed E-state index contributed by atoms with van der Waals surface area (Å²) in [6.45, 7) is 0. The van der Waals surface area contributed by atoms with Gasteiger partial charge in [0.15, 0.2) is 0 Å². The van der Waals surface area contributed by atoms with Crippen LogP contribution >= 0.6 is 0 Å². The molecular formula is C16H15FN2O2. The number of nitrogens with one attached hydrogen (secondary N) is 2. The van der Waals surface area contributed by atoms with E-state index in [4.69, 9.17) is 4.74 Å². The highest BCUT2D eigenvalue weighted by Gasteiger charge is 2.00. The highest BCUT2D eigenvalue weighted by molar-refractivity contribution is 5.90. The van der Waals surface area contributed by atoms with Gasteiger partial charge in [-0.1, -0.05) is 18.2 Å². The highest BCUT2D eigenvalue weighted by Crippen LogP contribution is 2.18. The minimum Gasteiger partial charge on any atom is -0.496 e. The van der Waals surface area contributed by atoms with Crippen molar-refractivity contribution in [3.8, 4) is 5.75 Å². The number of hydrogen-bond acceptors (Lipinski definition) is 2. The van der Waals surface area contributed by atoms with Gasteiger partial charge in [0.05, 0.1) is 7.11 Å². The Labute approximate surface area is 122 Å². The number of benzene rings is 2. The van der Waals surface area contributed by atoms with Crippen LogP contribution in [0.2, 0.25) is 0 Å². The number of carbonyl (C=O) groups is 1. The zero-order valence-electron chi connectivity index (χ0n) is 11.5. The number of urea groups is 1. The molecule has 2 aromatic carbocycles. The number of carbonyl (C=O) groups excluding carboxylic acids is 1. The van der Waals surface area contributed by atoms with Gasteiger partial charge in [0.25, 0.3) is 0 Å². The molecule has 0 bridgehead atoms. The summed E-state index contributed by atoms with van der Waals surface area (Å²) in [5, 5.41) is 5.15. The Bertz CT molecular complexity index is 639. The summed E-state index contributed by atoms with van der Waals surface area (Å²) in [4.78, 5) is 11.6. The number of anilines is 1. The summed E-state index contributed by atoms with van der Waals surface area (Å²) in [5.74, 6) is 0.367. The zero-order valence-corrected chi connectivity index (χ0v) is 11.5. The van der Waals surface area contributed by atoms with Gasteiger partial charge in [-0.15, -0.1) is 0 Å². The lowest BCUT2D eigenvalue weighted by molar-refractivity contribution is 0.255. The zero-order chi connectivity index (χ0) is 15.1. The maximum Gasteiger partial charge on any atom is 0.323 e. The van der Waals surface area contributed by atoms with Crippen molar-refractivity contribution in [2.24, 2.45) is 0 Å². The number of ether oxygens (including phenoxy) is 1. The van der Waals surface area contributed by atoms with Gasteiger partial charge in [-0.2, -0.15) is 0 Å². The van der Waals surface area contributed by atoms with E-state index in [1.54, 1.807) is 13.2 Å². The van der Waals surface area contributed by atoms with E-state index in [1.807, 2.05) is 24.3 Å². The molecule has 0 aromatic heterocycles. The summed E-state index contributed by atoms with van der Waals surface area (Å²) < 4.78 is 17.9. The lowest BCUT2D eigenvalue weighted by Crippen LogP contribution is -2.23. The van der Waals surface area contributed by atoms with Gasteiger partial charge >= 0.3 is 6.03 Å². The molecule has 0 aliphatic heterocycles. The first-order valence-electron chi connectivity index (χ1n) is 6.31. The van der Waals surface area contributed by atoms with Crippen LogP contribution in [0.25, 0.3) is 6.08 Å². The first kappa shape index (κ1) is 14.6. The van der Waals surface area contributed by atoms with Crippen LogP contribution in [0.5, 0.6) is 5.75 Å². The van der Waals surface area contributed by atoms with Gasteiger partial charge in [0.2, 0.25) is 0 Å². The van der Waals surface area contributed by atoms with E-state index in [9.17, 15) is 9.18 Å². The van der Waals surface area contributed by atoms with E-state index in [0.29, 0.717) is 5.69 Å². The molecule has 0 aliphatic rings. The van der Waals surface area contributed by atoms with Gasteiger partial charge in [0.1, 0.15) is 11.6 Å². The molecule has 0 aliphatic carbocycles. The second-order valence-corrected chi connectivity index (χ2v) is 4.18. The molecule has 0 fully saturated rings. The first-order chi connectivity index (χ1) is 10.2. The van der Waals surface area contributed by atoms with E-state index in [1.165, 1.54) is 30.5 Å². The van der Waals surface area contributed by atoms with Crippen LogP contribution < -0.4 is 15.4 Å². The number of methoxy groups -OCH3 is 1. The fourth-order valence-electron chi connectivity index (χ4n) is 1.71. The molecule has 0 heterocycles. The van der Waals surface area contributed by atoms with E-state index in [0.717, 1.165) is 11.3 Å². The first-order valence-corrected chi connectivity index (χ1v) is 6.31. The predicted octanol–water partition coefficient (Wildman–Crippen LogP) is 3.63. The monoisotopic (exact) mass is 286 g/mol. The Kier molecular flexibility index (Phi) is 4.93. The number of rotatable bonds is 4. The highest BCUT2D eigenvalue weighted by atomic mass is 19.1. The predicted molar refractivity (Wildman–Crippen MR) is 80.6 cm³/mol. The minimum atomic E-state index is -0.409. The molecule has 108 valence electrons. The van der Waals surface area contributed by atoms with Crippen molar-refractivity contribution in [3.05, 3.63) is 66.1 Å². The fourth-order valence-corrected chi connectivity index (χ4v) is 1.71. The third-order valence-corrected chi connectivity index (χ3v) is 2.72. The van der Waals surface area contributed by atoms with Crippen molar-refractivity contribution >= 4 is 17.8 Å². The summed E-state index contributed by atoms with van der Waals surface area (Å²) in [5.41, 5.74) is 1.36.